The maximum atomic E-state index is 12.3. The number of hydrogen-bond donors (Lipinski definition) is 1. The fourth-order valence-corrected chi connectivity index (χ4v) is 6.53. The summed E-state index contributed by atoms with van der Waals surface area (Å²) in [4.78, 5) is 22.9. The fraction of sp³-hybridized carbons (Fsp3) is 0.704. The Morgan fingerprint density at radius 3 is 2.55 bits per heavy atom. The Kier molecular flexibility index (Phi) is 5.81. The van der Waals surface area contributed by atoms with Gasteiger partial charge in [0.2, 0.25) is 5.88 Å². The molecule has 6 heteroatoms. The van der Waals surface area contributed by atoms with Gasteiger partial charge in [-0.25, -0.2) is 4.98 Å². The van der Waals surface area contributed by atoms with Crippen LogP contribution >= 0.6 is 0 Å². The van der Waals surface area contributed by atoms with Gasteiger partial charge in [0.25, 0.3) is 0 Å². The minimum atomic E-state index is -0.0389. The van der Waals surface area contributed by atoms with Crippen molar-refractivity contribution in [2.45, 2.75) is 90.2 Å². The Labute approximate surface area is 197 Å². The number of H-pyrrole nitrogens is 1. The van der Waals surface area contributed by atoms with Crippen molar-refractivity contribution in [3.63, 3.8) is 0 Å². The Hall–Kier alpha value is -1.92. The summed E-state index contributed by atoms with van der Waals surface area (Å²) < 4.78 is 12.1. The molecule has 1 atom stereocenters. The van der Waals surface area contributed by atoms with Crippen LogP contribution < -0.4 is 4.74 Å². The number of morpholine rings is 1. The second-order valence-corrected chi connectivity index (χ2v) is 11.5. The highest BCUT2D eigenvalue weighted by Gasteiger charge is 2.55. The SMILES string of the molecule is CC(=O)C[C@@H]1c2c(cc3[nH]cnc(OC4CCC(N5CCOCC5)CC4)c2-3)C(C)(C)C1(C)C. The van der Waals surface area contributed by atoms with Gasteiger partial charge in [0, 0.05) is 25.6 Å². The maximum absolute atomic E-state index is 12.3. The van der Waals surface area contributed by atoms with Crippen LogP contribution in [0, 0.1) is 5.41 Å². The zero-order chi connectivity index (χ0) is 23.4. The number of ketones is 1. The van der Waals surface area contributed by atoms with Gasteiger partial charge in [0.05, 0.1) is 30.8 Å². The highest BCUT2D eigenvalue weighted by Crippen LogP contribution is 2.64. The zero-order valence-electron chi connectivity index (χ0n) is 20.9. The lowest BCUT2D eigenvalue weighted by Gasteiger charge is -2.40. The molecule has 6 nitrogen and oxygen atoms in total. The molecular weight excluding hydrogens is 414 g/mol. The lowest BCUT2D eigenvalue weighted by Crippen LogP contribution is -2.46. The van der Waals surface area contributed by atoms with E-state index in [9.17, 15) is 4.79 Å². The summed E-state index contributed by atoms with van der Waals surface area (Å²) in [6, 6.07) is 2.92. The van der Waals surface area contributed by atoms with Gasteiger partial charge < -0.3 is 19.3 Å². The van der Waals surface area contributed by atoms with Crippen molar-refractivity contribution in [3.05, 3.63) is 23.5 Å². The second kappa shape index (κ2) is 8.38. The van der Waals surface area contributed by atoms with Crippen LogP contribution in [-0.2, 0) is 14.9 Å². The molecule has 0 radical (unpaired) electrons. The van der Waals surface area contributed by atoms with Crippen LogP contribution in [-0.4, -0.2) is 59.1 Å². The molecule has 2 heterocycles. The van der Waals surface area contributed by atoms with E-state index in [0.29, 0.717) is 12.5 Å². The van der Waals surface area contributed by atoms with Crippen LogP contribution in [0.15, 0.2) is 12.4 Å². The van der Waals surface area contributed by atoms with E-state index in [1.54, 1.807) is 13.3 Å². The lowest BCUT2D eigenvalue weighted by atomic mass is 9.63. The molecule has 0 aromatic heterocycles. The van der Waals surface area contributed by atoms with Gasteiger partial charge >= 0.3 is 0 Å². The van der Waals surface area contributed by atoms with Crippen molar-refractivity contribution in [3.8, 4) is 17.1 Å². The van der Waals surface area contributed by atoms with E-state index in [1.165, 1.54) is 24.0 Å². The van der Waals surface area contributed by atoms with E-state index in [4.69, 9.17) is 9.47 Å². The highest BCUT2D eigenvalue weighted by molar-refractivity contribution is 5.82. The summed E-state index contributed by atoms with van der Waals surface area (Å²) >= 11 is 0. The van der Waals surface area contributed by atoms with Gasteiger partial charge in [-0.2, -0.15) is 0 Å². The van der Waals surface area contributed by atoms with Gasteiger partial charge in [-0.15, -0.1) is 0 Å². The smallest absolute Gasteiger partial charge is 0.224 e. The van der Waals surface area contributed by atoms with Gasteiger partial charge in [-0.1, -0.05) is 27.7 Å². The van der Waals surface area contributed by atoms with Crippen molar-refractivity contribution in [2.24, 2.45) is 5.41 Å². The van der Waals surface area contributed by atoms with Crippen molar-refractivity contribution in [2.75, 3.05) is 26.3 Å². The average Bonchev–Trinajstić information content (AvgIpc) is 3.24. The number of nitrogens with one attached hydrogen (secondary N) is 1. The van der Waals surface area contributed by atoms with E-state index in [-0.39, 0.29) is 28.6 Å². The van der Waals surface area contributed by atoms with E-state index < -0.39 is 0 Å². The van der Waals surface area contributed by atoms with E-state index in [1.807, 2.05) is 0 Å². The molecule has 33 heavy (non-hydrogen) atoms. The maximum Gasteiger partial charge on any atom is 0.224 e. The summed E-state index contributed by atoms with van der Waals surface area (Å²) in [6.45, 7) is 14.8. The van der Waals surface area contributed by atoms with Gasteiger partial charge in [-0.05, 0) is 66.5 Å². The summed E-state index contributed by atoms with van der Waals surface area (Å²) in [5.74, 6) is 1.14. The van der Waals surface area contributed by atoms with Gasteiger partial charge in [-0.3, -0.25) is 4.90 Å². The van der Waals surface area contributed by atoms with E-state index >= 15 is 0 Å². The number of carbonyl (C=O) groups is 1. The first-order valence-electron chi connectivity index (χ1n) is 12.7. The largest absolute Gasteiger partial charge is 0.474 e. The molecule has 2 aliphatic heterocycles. The second-order valence-electron chi connectivity index (χ2n) is 11.5. The molecule has 1 N–H and O–H groups in total. The van der Waals surface area contributed by atoms with Crippen LogP contribution in [0.1, 0.15) is 83.8 Å². The van der Waals surface area contributed by atoms with Crippen LogP contribution in [0.25, 0.3) is 11.3 Å². The molecule has 0 aromatic carbocycles. The monoisotopic (exact) mass is 453 g/mol. The average molecular weight is 454 g/mol. The molecule has 1 saturated carbocycles. The quantitative estimate of drug-likeness (QED) is 0.696. The number of fused-ring (bicyclic) bond motifs is 3. The highest BCUT2D eigenvalue weighted by atomic mass is 16.5. The third-order valence-electron chi connectivity index (χ3n) is 9.21. The van der Waals surface area contributed by atoms with Gasteiger partial charge in [0.1, 0.15) is 11.9 Å². The summed E-state index contributed by atoms with van der Waals surface area (Å²) in [5.41, 5.74) is 4.70. The third-order valence-corrected chi connectivity index (χ3v) is 9.21. The standard InChI is InChI=1S/C27H39N3O3/c1-17(31)14-20-23-21(27(4,5)26(20,2)3)15-22-24(23)25(29-16-28-22)33-19-8-6-18(7-9-19)30-10-12-32-13-11-30/h15-16,18-20H,6-14H2,1-5H3,(H,28,29)/t18?,19?,20-/m1/s1. The molecule has 2 fully saturated rings. The first-order chi connectivity index (χ1) is 15.7. The molecule has 5 aliphatic rings. The van der Waals surface area contributed by atoms with Crippen molar-refractivity contribution < 1.29 is 14.3 Å². The number of hydrogen-bond acceptors (Lipinski definition) is 5. The first-order valence-corrected chi connectivity index (χ1v) is 12.7. The number of carbonyl (C=O) groups excluding carboxylic acids is 1. The minimum Gasteiger partial charge on any atom is -0.474 e. The Morgan fingerprint density at radius 2 is 1.88 bits per heavy atom. The van der Waals surface area contributed by atoms with Crippen molar-refractivity contribution in [1.82, 2.24) is 14.9 Å². The Balaban J connectivity index is 1.41. The number of nitrogens with zero attached hydrogens (tertiary/aromatic N) is 2. The Morgan fingerprint density at radius 1 is 1.18 bits per heavy atom. The first kappa shape index (κ1) is 22.9. The van der Waals surface area contributed by atoms with Crippen molar-refractivity contribution in [1.29, 1.82) is 0 Å². The summed E-state index contributed by atoms with van der Waals surface area (Å²) in [6.07, 6.45) is 6.95. The fourth-order valence-electron chi connectivity index (χ4n) is 6.53. The Bertz CT molecular complexity index is 981. The number of aromatic nitrogens is 2. The number of ether oxygens (including phenoxy) is 2. The minimum absolute atomic E-state index is 0.0269. The predicted molar refractivity (Wildman–Crippen MR) is 129 cm³/mol. The molecular formula is C27H39N3O3. The molecule has 0 aromatic rings. The van der Waals surface area contributed by atoms with Crippen molar-refractivity contribution >= 4 is 5.78 Å². The molecule has 0 unspecified atom stereocenters. The molecule has 0 amide bonds. The van der Waals surface area contributed by atoms with Crippen LogP contribution in [0.2, 0.25) is 0 Å². The normalized spacial score (nSPS) is 29.2. The molecule has 5 rings (SSSR count). The molecule has 1 saturated heterocycles. The lowest BCUT2D eigenvalue weighted by molar-refractivity contribution is -0.118. The zero-order valence-corrected chi connectivity index (χ0v) is 20.9. The molecule has 0 spiro atoms. The van der Waals surface area contributed by atoms with Crippen LogP contribution in [0.3, 0.4) is 0 Å². The molecule has 3 aliphatic carbocycles. The van der Waals surface area contributed by atoms with E-state index in [0.717, 1.165) is 56.3 Å². The predicted octanol–water partition coefficient (Wildman–Crippen LogP) is 4.92. The number of Topliss-reactive ketones (excluding diaryl/α,β-unsaturated/α-hetero) is 1. The number of rotatable bonds is 5. The molecule has 0 bridgehead atoms. The summed E-state index contributed by atoms with van der Waals surface area (Å²) in [5, 5.41) is 0. The summed E-state index contributed by atoms with van der Waals surface area (Å²) in [7, 11) is 0. The van der Waals surface area contributed by atoms with E-state index in [2.05, 4.69) is 48.6 Å². The molecule has 180 valence electrons. The van der Waals surface area contributed by atoms with Crippen LogP contribution in [0.4, 0.5) is 0 Å². The number of aromatic amines is 1. The topological polar surface area (TPSA) is 67.5 Å². The van der Waals surface area contributed by atoms with Crippen LogP contribution in [0.5, 0.6) is 5.88 Å². The third kappa shape index (κ3) is 3.79. The van der Waals surface area contributed by atoms with Gasteiger partial charge in [0.15, 0.2) is 0 Å².